The molecule has 3 heterocycles. The minimum absolute atomic E-state index is 0. The number of hydrogen-bond donors (Lipinski definition) is 1. The summed E-state index contributed by atoms with van der Waals surface area (Å²) < 4.78 is 4.47. The van der Waals surface area contributed by atoms with E-state index in [0.717, 1.165) is 0 Å². The maximum Gasteiger partial charge on any atom is 1.00 e. The molecule has 31 heavy (non-hydrogen) atoms. The summed E-state index contributed by atoms with van der Waals surface area (Å²) in [5.41, 5.74) is 0.996. The number of nitrogens with one attached hydrogen (secondary N) is 1. The fourth-order valence-electron chi connectivity index (χ4n) is 3.82. The van der Waals surface area contributed by atoms with Crippen LogP contribution in [0.1, 0.15) is 30.0 Å². The summed E-state index contributed by atoms with van der Waals surface area (Å²) in [7, 11) is 0. The molecule has 0 saturated carbocycles. The van der Waals surface area contributed by atoms with Crippen molar-refractivity contribution in [3.8, 4) is 11.3 Å². The van der Waals surface area contributed by atoms with Crippen molar-refractivity contribution in [1.29, 1.82) is 0 Å². The molecule has 2 aliphatic rings. The molecule has 2 aliphatic heterocycles. The summed E-state index contributed by atoms with van der Waals surface area (Å²) in [6.45, 7) is 5.07. The van der Waals surface area contributed by atoms with E-state index in [9.17, 15) is 19.5 Å². The van der Waals surface area contributed by atoms with Crippen LogP contribution < -0.4 is 40.0 Å². The first-order chi connectivity index (χ1) is 13.6. The molecule has 9 nitrogen and oxygen atoms in total. The second-order valence-corrected chi connectivity index (χ2v) is 9.65. The zero-order valence-corrected chi connectivity index (χ0v) is 20.8. The number of nitrogens with zero attached hydrogens (tertiary/aromatic N) is 2. The Labute approximate surface area is 209 Å². The molecule has 0 bridgehead atoms. The van der Waals surface area contributed by atoms with Crippen molar-refractivity contribution >= 4 is 41.1 Å². The van der Waals surface area contributed by atoms with Gasteiger partial charge in [-0.1, -0.05) is 35.0 Å². The van der Waals surface area contributed by atoms with Gasteiger partial charge < -0.3 is 30.1 Å². The summed E-state index contributed by atoms with van der Waals surface area (Å²) >= 11 is 7.54. The van der Waals surface area contributed by atoms with E-state index in [4.69, 9.17) is 16.1 Å². The van der Waals surface area contributed by atoms with E-state index < -0.39 is 40.0 Å². The number of aromatic nitrogens is 1. The van der Waals surface area contributed by atoms with Gasteiger partial charge in [-0.25, -0.2) is 0 Å². The third kappa shape index (κ3) is 4.12. The topological polar surface area (TPSA) is 147 Å². The van der Waals surface area contributed by atoms with Crippen LogP contribution in [0.15, 0.2) is 28.8 Å². The Kier molecular flexibility index (Phi) is 7.57. The van der Waals surface area contributed by atoms with Gasteiger partial charge >= 0.3 is 29.6 Å². The minimum atomic E-state index is -1.31. The normalized spacial score (nSPS) is 23.2. The molecular formula is C19H19ClN3NaO6S. The third-order valence-corrected chi connectivity index (χ3v) is 7.07. The van der Waals surface area contributed by atoms with Crippen molar-refractivity contribution < 1.29 is 59.0 Å². The van der Waals surface area contributed by atoms with Gasteiger partial charge in [0, 0.05) is 10.3 Å². The van der Waals surface area contributed by atoms with Crippen molar-refractivity contribution in [3.63, 3.8) is 0 Å². The second-order valence-electron chi connectivity index (χ2n) is 7.47. The predicted molar refractivity (Wildman–Crippen MR) is 108 cm³/mol. The molecule has 0 spiro atoms. The molecule has 3 N–H and O–H groups in total. The number of carboxylic acids is 1. The van der Waals surface area contributed by atoms with Gasteiger partial charge in [0.1, 0.15) is 28.4 Å². The van der Waals surface area contributed by atoms with Gasteiger partial charge in [-0.15, -0.1) is 11.8 Å². The molecule has 0 unspecified atom stereocenters. The summed E-state index contributed by atoms with van der Waals surface area (Å²) in [5.74, 6) is -2.01. The Hall–Kier alpha value is -1.56. The summed E-state index contributed by atoms with van der Waals surface area (Å²) in [4.78, 5) is 38.3. The van der Waals surface area contributed by atoms with Crippen LogP contribution in [0, 0.1) is 6.92 Å². The first kappa shape index (κ1) is 25.7. The molecule has 2 amide bonds. The van der Waals surface area contributed by atoms with Crippen LogP contribution in [0.5, 0.6) is 0 Å². The van der Waals surface area contributed by atoms with Crippen LogP contribution in [0.4, 0.5) is 0 Å². The van der Waals surface area contributed by atoms with Crippen LogP contribution in [-0.4, -0.2) is 55.5 Å². The van der Waals surface area contributed by atoms with Crippen LogP contribution in [-0.2, 0) is 9.59 Å². The monoisotopic (exact) mass is 475 g/mol. The van der Waals surface area contributed by atoms with Crippen molar-refractivity contribution in [1.82, 2.24) is 15.4 Å². The second kappa shape index (κ2) is 9.13. The maximum absolute atomic E-state index is 13.0. The number of hydrogen-bond acceptors (Lipinski definition) is 7. The average molecular weight is 476 g/mol. The number of amides is 2. The van der Waals surface area contributed by atoms with E-state index in [1.807, 2.05) is 0 Å². The Morgan fingerprint density at radius 3 is 2.58 bits per heavy atom. The first-order valence-corrected chi connectivity index (χ1v) is 10.1. The average Bonchev–Trinajstić information content (AvgIpc) is 3.15. The number of carboxylic acid groups (broad SMARTS) is 1. The van der Waals surface area contributed by atoms with Gasteiger partial charge in [0.05, 0.1) is 17.0 Å². The number of thioether (sulfide) groups is 1. The number of benzene rings is 1. The SMILES string of the molecule is Cc1onc(-c2ccccc2Cl)c1C(=O)N[C@@H]1C(=O)N2[C@@H](C(=O)[O-])C(C)(C)S[C@@H]12.O.[Na+]. The number of aliphatic carboxylic acids is 1. The molecule has 2 fully saturated rings. The number of aryl methyl sites for hydroxylation is 1. The number of carbonyl (C=O) groups is 3. The van der Waals surface area contributed by atoms with Crippen LogP contribution in [0.3, 0.4) is 0 Å². The zero-order valence-electron chi connectivity index (χ0n) is 17.3. The van der Waals surface area contributed by atoms with Gasteiger partial charge in [0.15, 0.2) is 0 Å². The van der Waals surface area contributed by atoms with E-state index in [2.05, 4.69) is 10.5 Å². The Balaban J connectivity index is 0.00000171. The fourth-order valence-corrected chi connectivity index (χ4v) is 5.66. The Morgan fingerprint density at radius 1 is 1.32 bits per heavy atom. The smallest absolute Gasteiger partial charge is 0.548 e. The summed E-state index contributed by atoms with van der Waals surface area (Å²) in [6.07, 6.45) is 0. The maximum atomic E-state index is 13.0. The van der Waals surface area contributed by atoms with Crippen molar-refractivity contribution in [3.05, 3.63) is 40.6 Å². The van der Waals surface area contributed by atoms with Gasteiger partial charge in [-0.05, 0) is 26.8 Å². The van der Waals surface area contributed by atoms with Gasteiger partial charge in [0.25, 0.3) is 5.91 Å². The quantitative estimate of drug-likeness (QED) is 0.376. The standard InChI is InChI=1S/C19H18ClN3O5S.Na.H2O/c1-8-11(12(22-28-8)9-6-4-5-7-10(9)20)15(24)21-13-16(25)23-14(18(26)27)19(2,3)29-17(13)23;;/h4-7,13-14,17H,1-3H3,(H,21,24)(H,26,27);;1H2/q;+1;/p-1/t13-,14+,17+;;/m1../s1. The zero-order chi connectivity index (χ0) is 21.1. The van der Waals surface area contributed by atoms with E-state index in [0.29, 0.717) is 10.6 Å². The van der Waals surface area contributed by atoms with E-state index in [1.54, 1.807) is 45.0 Å². The van der Waals surface area contributed by atoms with Crippen molar-refractivity contribution in [2.75, 3.05) is 0 Å². The van der Waals surface area contributed by atoms with Crippen molar-refractivity contribution in [2.45, 2.75) is 43.0 Å². The number of carbonyl (C=O) groups excluding carboxylic acids is 3. The molecule has 0 aliphatic carbocycles. The molecule has 1 aromatic carbocycles. The molecule has 2 saturated heterocycles. The Bertz CT molecular complexity index is 1050. The van der Waals surface area contributed by atoms with Crippen LogP contribution >= 0.6 is 23.4 Å². The van der Waals surface area contributed by atoms with E-state index in [1.165, 1.54) is 16.7 Å². The van der Waals surface area contributed by atoms with E-state index >= 15 is 0 Å². The molecule has 1 aromatic heterocycles. The van der Waals surface area contributed by atoms with Crippen molar-refractivity contribution in [2.24, 2.45) is 0 Å². The number of β-lactam (4-membered cyclic amide) rings is 1. The summed E-state index contributed by atoms with van der Waals surface area (Å²) in [5, 5.41) is 18.1. The molecule has 160 valence electrons. The molecule has 3 atom stereocenters. The van der Waals surface area contributed by atoms with Crippen LogP contribution in [0.25, 0.3) is 11.3 Å². The fraction of sp³-hybridized carbons (Fsp3) is 0.368. The van der Waals surface area contributed by atoms with E-state index in [-0.39, 0.29) is 52.1 Å². The third-order valence-electron chi connectivity index (χ3n) is 5.17. The molecule has 2 aromatic rings. The molecule has 0 radical (unpaired) electrons. The largest absolute Gasteiger partial charge is 1.00 e. The van der Waals surface area contributed by atoms with Gasteiger partial charge in [-0.2, -0.15) is 0 Å². The minimum Gasteiger partial charge on any atom is -0.548 e. The van der Waals surface area contributed by atoms with Crippen LogP contribution in [0.2, 0.25) is 5.02 Å². The summed E-state index contributed by atoms with van der Waals surface area (Å²) in [6, 6.07) is 5.02. The van der Waals surface area contributed by atoms with Gasteiger partial charge in [-0.3, -0.25) is 9.59 Å². The molecular weight excluding hydrogens is 457 g/mol. The molecule has 12 heteroatoms. The Morgan fingerprint density at radius 2 is 1.97 bits per heavy atom. The number of halogens is 1. The number of fused-ring (bicyclic) bond motifs is 1. The molecule has 4 rings (SSSR count). The predicted octanol–water partition coefficient (Wildman–Crippen LogP) is -2.61. The first-order valence-electron chi connectivity index (χ1n) is 8.86. The number of rotatable bonds is 4. The van der Waals surface area contributed by atoms with Gasteiger partial charge in [0.2, 0.25) is 5.91 Å².